The molecule has 2 rings (SSSR count). The topological polar surface area (TPSA) is 50.1 Å². The molecule has 1 aromatic carbocycles. The third kappa shape index (κ3) is 6.93. The van der Waals surface area contributed by atoms with Gasteiger partial charge in [0, 0.05) is 6.08 Å². The van der Waals surface area contributed by atoms with E-state index >= 15 is 0 Å². The summed E-state index contributed by atoms with van der Waals surface area (Å²) in [4.78, 5) is 12.2. The Labute approximate surface area is 157 Å². The second-order valence-electron chi connectivity index (χ2n) is 6.65. The predicted octanol–water partition coefficient (Wildman–Crippen LogP) is 5.83. The van der Waals surface area contributed by atoms with Crippen LogP contribution in [0.15, 0.2) is 48.6 Å². The lowest BCUT2D eigenvalue weighted by Crippen LogP contribution is -2.25. The zero-order valence-electron chi connectivity index (χ0n) is 14.9. The highest BCUT2D eigenvalue weighted by molar-refractivity contribution is 5.75. The number of benzene rings is 1. The van der Waals surface area contributed by atoms with Crippen LogP contribution in [0, 0.1) is 23.2 Å². The first kappa shape index (κ1) is 20.8. The van der Waals surface area contributed by atoms with E-state index < -0.39 is 11.7 Å². The van der Waals surface area contributed by atoms with Crippen LogP contribution in [0.5, 0.6) is 5.75 Å². The summed E-state index contributed by atoms with van der Waals surface area (Å²) in [7, 11) is 0. The fraction of sp³-hybridized carbons (Fsp3) is 0.429. The van der Waals surface area contributed by atoms with Crippen LogP contribution in [0.4, 0.5) is 13.2 Å². The van der Waals surface area contributed by atoms with Gasteiger partial charge in [-0.1, -0.05) is 18.2 Å². The van der Waals surface area contributed by atoms with Crippen LogP contribution in [0.1, 0.15) is 44.1 Å². The zero-order chi connectivity index (χ0) is 19.7. The highest BCUT2D eigenvalue weighted by Gasteiger charge is 2.31. The summed E-state index contributed by atoms with van der Waals surface area (Å²) in [6, 6.07) is 6.12. The third-order valence-electron chi connectivity index (χ3n) is 4.74. The number of rotatable bonds is 6. The summed E-state index contributed by atoms with van der Waals surface area (Å²) in [5.41, 5.74) is -0.764. The molecular weight excluding hydrogens is 355 g/mol. The fourth-order valence-electron chi connectivity index (χ4n) is 3.20. The van der Waals surface area contributed by atoms with Crippen molar-refractivity contribution in [3.63, 3.8) is 0 Å². The molecule has 0 heterocycles. The van der Waals surface area contributed by atoms with Crippen LogP contribution in [-0.2, 0) is 11.0 Å². The summed E-state index contributed by atoms with van der Waals surface area (Å²) in [5.74, 6) is 0.141. The molecule has 0 saturated heterocycles. The largest absolute Gasteiger partial charge is 0.426 e. The van der Waals surface area contributed by atoms with Gasteiger partial charge in [-0.25, -0.2) is 0 Å². The van der Waals surface area contributed by atoms with Crippen molar-refractivity contribution < 1.29 is 22.7 Å². The van der Waals surface area contributed by atoms with Gasteiger partial charge in [-0.2, -0.15) is 18.4 Å². The molecule has 1 aliphatic carbocycles. The molecular formula is C21H22F3NO2. The molecule has 0 aromatic heterocycles. The van der Waals surface area contributed by atoms with Gasteiger partial charge in [0.25, 0.3) is 0 Å². The Bertz CT molecular complexity index is 706. The van der Waals surface area contributed by atoms with E-state index in [4.69, 9.17) is 10.00 Å². The second-order valence-corrected chi connectivity index (χ2v) is 6.65. The minimum absolute atomic E-state index is 0.144. The molecule has 0 aliphatic heterocycles. The van der Waals surface area contributed by atoms with Crippen molar-refractivity contribution in [2.75, 3.05) is 0 Å². The number of nitriles is 1. The molecule has 1 aliphatic rings. The number of nitrogens with zero attached hydrogens (tertiary/aromatic N) is 1. The van der Waals surface area contributed by atoms with Crippen LogP contribution >= 0.6 is 0 Å². The van der Waals surface area contributed by atoms with E-state index in [1.807, 2.05) is 18.2 Å². The lowest BCUT2D eigenvalue weighted by Gasteiger charge is -2.26. The second kappa shape index (κ2) is 9.96. The van der Waals surface area contributed by atoms with E-state index in [0.29, 0.717) is 5.92 Å². The molecule has 27 heavy (non-hydrogen) atoms. The van der Waals surface area contributed by atoms with E-state index in [-0.39, 0.29) is 17.6 Å². The monoisotopic (exact) mass is 377 g/mol. The SMILES string of the molecule is N#CC=CC=CCC[C@H]1CC[C@H](C(=O)Oc2ccc(C(F)(F)F)cc2)CC1. The average molecular weight is 377 g/mol. The number of hydrogen-bond donors (Lipinski definition) is 0. The molecule has 1 aromatic rings. The molecule has 0 N–H and O–H groups in total. The highest BCUT2D eigenvalue weighted by Crippen LogP contribution is 2.33. The summed E-state index contributed by atoms with van der Waals surface area (Å²) < 4.78 is 42.9. The number of halogens is 3. The maximum absolute atomic E-state index is 12.5. The number of alkyl halides is 3. The quantitative estimate of drug-likeness (QED) is 0.271. The smallest absolute Gasteiger partial charge is 0.416 e. The van der Waals surface area contributed by atoms with Crippen LogP contribution in [0.25, 0.3) is 0 Å². The van der Waals surface area contributed by atoms with Crippen molar-refractivity contribution in [2.24, 2.45) is 11.8 Å². The lowest BCUT2D eigenvalue weighted by molar-refractivity contribution is -0.140. The Balaban J connectivity index is 1.74. The van der Waals surface area contributed by atoms with Crippen LogP contribution < -0.4 is 4.74 Å². The molecule has 1 saturated carbocycles. The summed E-state index contributed by atoms with van der Waals surface area (Å²) in [5, 5.41) is 8.38. The Hall–Kier alpha value is -2.55. The van der Waals surface area contributed by atoms with Crippen molar-refractivity contribution in [1.82, 2.24) is 0 Å². The average Bonchev–Trinajstić information content (AvgIpc) is 2.65. The standard InChI is InChI=1S/C21H22F3NO2/c22-21(23,24)18-11-13-19(14-12-18)27-20(26)17-9-7-16(8-10-17)6-4-2-1-3-5-15-25/h1-3,5,11-14,16-17H,4,6-10H2/t16-,17-. The number of allylic oxidation sites excluding steroid dienone is 4. The molecule has 0 atom stereocenters. The van der Waals surface area contributed by atoms with Crippen LogP contribution in [0.2, 0.25) is 0 Å². The molecule has 144 valence electrons. The van der Waals surface area contributed by atoms with Crippen molar-refractivity contribution >= 4 is 5.97 Å². The predicted molar refractivity (Wildman–Crippen MR) is 95.7 cm³/mol. The van der Waals surface area contributed by atoms with Gasteiger partial charge in [0.1, 0.15) is 5.75 Å². The van der Waals surface area contributed by atoms with E-state index in [1.165, 1.54) is 18.2 Å². The number of ether oxygens (including phenoxy) is 1. The van der Waals surface area contributed by atoms with Gasteiger partial charge in [0.05, 0.1) is 17.6 Å². The number of carbonyl (C=O) groups is 1. The zero-order valence-corrected chi connectivity index (χ0v) is 14.9. The minimum atomic E-state index is -4.40. The molecule has 1 fully saturated rings. The first-order chi connectivity index (χ1) is 12.9. The van der Waals surface area contributed by atoms with Gasteiger partial charge in [-0.05, 0) is 68.7 Å². The lowest BCUT2D eigenvalue weighted by atomic mass is 9.80. The van der Waals surface area contributed by atoms with Crippen LogP contribution in [0.3, 0.4) is 0 Å². The normalized spacial score (nSPS) is 20.7. The first-order valence-corrected chi connectivity index (χ1v) is 9.00. The molecule has 0 radical (unpaired) electrons. The van der Waals surface area contributed by atoms with Crippen molar-refractivity contribution in [2.45, 2.75) is 44.7 Å². The number of carbonyl (C=O) groups excluding carboxylic acids is 1. The Morgan fingerprint density at radius 2 is 1.81 bits per heavy atom. The van der Waals surface area contributed by atoms with E-state index in [2.05, 4.69) is 0 Å². The number of esters is 1. The van der Waals surface area contributed by atoms with Crippen molar-refractivity contribution in [3.8, 4) is 11.8 Å². The van der Waals surface area contributed by atoms with Gasteiger partial charge in [0.15, 0.2) is 0 Å². The fourth-order valence-corrected chi connectivity index (χ4v) is 3.20. The molecule has 0 bridgehead atoms. The van der Waals surface area contributed by atoms with Gasteiger partial charge >= 0.3 is 12.1 Å². The first-order valence-electron chi connectivity index (χ1n) is 9.00. The van der Waals surface area contributed by atoms with Crippen molar-refractivity contribution in [3.05, 3.63) is 54.1 Å². The van der Waals surface area contributed by atoms with Gasteiger partial charge < -0.3 is 4.74 Å². The van der Waals surface area contributed by atoms with Crippen molar-refractivity contribution in [1.29, 1.82) is 5.26 Å². The number of hydrogen-bond acceptors (Lipinski definition) is 3. The molecule has 3 nitrogen and oxygen atoms in total. The molecule has 0 amide bonds. The van der Waals surface area contributed by atoms with E-state index in [9.17, 15) is 18.0 Å². The minimum Gasteiger partial charge on any atom is -0.426 e. The summed E-state index contributed by atoms with van der Waals surface area (Å²) in [6.07, 6.45) is 7.93. The van der Waals surface area contributed by atoms with E-state index in [0.717, 1.165) is 50.7 Å². The van der Waals surface area contributed by atoms with Gasteiger partial charge in [0.2, 0.25) is 0 Å². The Morgan fingerprint density at radius 3 is 2.41 bits per heavy atom. The van der Waals surface area contributed by atoms with Gasteiger partial charge in [-0.3, -0.25) is 4.79 Å². The summed E-state index contributed by atoms with van der Waals surface area (Å²) in [6.45, 7) is 0. The maximum atomic E-state index is 12.5. The third-order valence-corrected chi connectivity index (χ3v) is 4.74. The molecule has 6 heteroatoms. The van der Waals surface area contributed by atoms with Crippen LogP contribution in [-0.4, -0.2) is 5.97 Å². The van der Waals surface area contributed by atoms with E-state index in [1.54, 1.807) is 6.08 Å². The Kier molecular flexibility index (Phi) is 7.66. The molecule has 0 unspecified atom stereocenters. The van der Waals surface area contributed by atoms with Gasteiger partial charge in [-0.15, -0.1) is 0 Å². The highest BCUT2D eigenvalue weighted by atomic mass is 19.4. The maximum Gasteiger partial charge on any atom is 0.416 e. The summed E-state index contributed by atoms with van der Waals surface area (Å²) >= 11 is 0. The Morgan fingerprint density at radius 1 is 1.15 bits per heavy atom. The molecule has 0 spiro atoms.